The lowest BCUT2D eigenvalue weighted by atomic mass is 10.1. The highest BCUT2D eigenvalue weighted by Crippen LogP contribution is 2.29. The van der Waals surface area contributed by atoms with Gasteiger partial charge in [0.1, 0.15) is 5.82 Å². The summed E-state index contributed by atoms with van der Waals surface area (Å²) in [6.07, 6.45) is 1.57. The number of carbonyl (C=O) groups is 1. The Bertz CT molecular complexity index is 858. The standard InChI is InChI=1S/C18H14FNO4/c1-22-15-7-6-11(9-16(15)23-2)8-14-18(21)24-17(20-14)12-4-3-5-13(19)10-12/h3-10H,1-2H3. The Kier molecular flexibility index (Phi) is 4.29. The second-order valence-corrected chi connectivity index (χ2v) is 4.96. The highest BCUT2D eigenvalue weighted by atomic mass is 19.1. The van der Waals surface area contributed by atoms with Gasteiger partial charge in [0.2, 0.25) is 5.90 Å². The second-order valence-electron chi connectivity index (χ2n) is 4.96. The van der Waals surface area contributed by atoms with E-state index in [1.54, 1.807) is 37.5 Å². The molecule has 0 N–H and O–H groups in total. The molecule has 5 nitrogen and oxygen atoms in total. The van der Waals surface area contributed by atoms with Crippen LogP contribution in [0.1, 0.15) is 11.1 Å². The van der Waals surface area contributed by atoms with Gasteiger partial charge in [-0.1, -0.05) is 12.1 Å². The average Bonchev–Trinajstić information content (AvgIpc) is 2.95. The Morgan fingerprint density at radius 3 is 2.58 bits per heavy atom. The molecule has 2 aromatic carbocycles. The molecule has 0 radical (unpaired) electrons. The van der Waals surface area contributed by atoms with Crippen molar-refractivity contribution in [2.75, 3.05) is 14.2 Å². The van der Waals surface area contributed by atoms with Gasteiger partial charge < -0.3 is 14.2 Å². The summed E-state index contributed by atoms with van der Waals surface area (Å²) in [5.41, 5.74) is 1.23. The van der Waals surface area contributed by atoms with E-state index in [2.05, 4.69) is 4.99 Å². The third kappa shape index (κ3) is 3.12. The van der Waals surface area contributed by atoms with Gasteiger partial charge in [-0.05, 0) is 42.0 Å². The van der Waals surface area contributed by atoms with Crippen molar-refractivity contribution in [2.24, 2.45) is 4.99 Å². The summed E-state index contributed by atoms with van der Waals surface area (Å²) in [4.78, 5) is 16.1. The van der Waals surface area contributed by atoms with Crippen molar-refractivity contribution in [1.29, 1.82) is 0 Å². The molecule has 0 fully saturated rings. The van der Waals surface area contributed by atoms with Crippen LogP contribution in [0.15, 0.2) is 53.2 Å². The van der Waals surface area contributed by atoms with Crippen LogP contribution in [0.25, 0.3) is 6.08 Å². The van der Waals surface area contributed by atoms with E-state index in [1.165, 1.54) is 25.3 Å². The Hall–Kier alpha value is -3.15. The van der Waals surface area contributed by atoms with E-state index in [4.69, 9.17) is 14.2 Å². The Morgan fingerprint density at radius 2 is 1.88 bits per heavy atom. The molecule has 2 aromatic rings. The minimum absolute atomic E-state index is 0.0752. The van der Waals surface area contributed by atoms with Gasteiger partial charge in [0.05, 0.1) is 14.2 Å². The van der Waals surface area contributed by atoms with E-state index in [0.29, 0.717) is 22.6 Å². The summed E-state index contributed by atoms with van der Waals surface area (Å²) in [7, 11) is 3.07. The van der Waals surface area contributed by atoms with Crippen molar-refractivity contribution in [2.45, 2.75) is 0 Å². The summed E-state index contributed by atoms with van der Waals surface area (Å²) in [5, 5.41) is 0. The van der Waals surface area contributed by atoms with Crippen LogP contribution in [-0.2, 0) is 9.53 Å². The quantitative estimate of drug-likeness (QED) is 0.639. The van der Waals surface area contributed by atoms with E-state index in [0.717, 1.165) is 0 Å². The van der Waals surface area contributed by atoms with Crippen LogP contribution in [0, 0.1) is 5.82 Å². The van der Waals surface area contributed by atoms with Crippen LogP contribution in [0.5, 0.6) is 11.5 Å². The normalized spacial score (nSPS) is 15.2. The van der Waals surface area contributed by atoms with Gasteiger partial charge in [0.25, 0.3) is 0 Å². The third-order valence-corrected chi connectivity index (χ3v) is 3.40. The minimum Gasteiger partial charge on any atom is -0.493 e. The molecule has 0 saturated heterocycles. The van der Waals surface area contributed by atoms with Gasteiger partial charge >= 0.3 is 5.97 Å². The van der Waals surface area contributed by atoms with Crippen LogP contribution in [-0.4, -0.2) is 26.1 Å². The molecule has 0 atom stereocenters. The van der Waals surface area contributed by atoms with Crippen LogP contribution < -0.4 is 9.47 Å². The van der Waals surface area contributed by atoms with E-state index in [1.807, 2.05) is 0 Å². The summed E-state index contributed by atoms with van der Waals surface area (Å²) in [6, 6.07) is 10.9. The number of cyclic esters (lactones) is 1. The number of hydrogen-bond donors (Lipinski definition) is 0. The average molecular weight is 327 g/mol. The molecule has 3 rings (SSSR count). The second kappa shape index (κ2) is 6.54. The fourth-order valence-corrected chi connectivity index (χ4v) is 2.25. The summed E-state index contributed by atoms with van der Waals surface area (Å²) < 4.78 is 28.8. The molecule has 0 bridgehead atoms. The van der Waals surface area contributed by atoms with Crippen molar-refractivity contribution >= 4 is 17.9 Å². The number of esters is 1. The monoisotopic (exact) mass is 327 g/mol. The maximum absolute atomic E-state index is 13.3. The molecule has 0 amide bonds. The number of ether oxygens (including phenoxy) is 3. The molecule has 1 aliphatic rings. The first-order valence-corrected chi connectivity index (χ1v) is 7.11. The maximum Gasteiger partial charge on any atom is 0.363 e. The third-order valence-electron chi connectivity index (χ3n) is 3.40. The molecule has 0 unspecified atom stereocenters. The lowest BCUT2D eigenvalue weighted by Gasteiger charge is -2.07. The highest BCUT2D eigenvalue weighted by molar-refractivity contribution is 6.12. The number of nitrogens with zero attached hydrogens (tertiary/aromatic N) is 1. The van der Waals surface area contributed by atoms with Crippen molar-refractivity contribution in [1.82, 2.24) is 0 Å². The fraction of sp³-hybridized carbons (Fsp3) is 0.111. The van der Waals surface area contributed by atoms with E-state index < -0.39 is 11.8 Å². The van der Waals surface area contributed by atoms with Gasteiger partial charge in [0, 0.05) is 5.56 Å². The van der Waals surface area contributed by atoms with Crippen LogP contribution in [0.4, 0.5) is 4.39 Å². The SMILES string of the molecule is COc1ccc(C=C2N=C(c3cccc(F)c3)OC2=O)cc1OC. The molecular weight excluding hydrogens is 313 g/mol. The number of carbonyl (C=O) groups excluding carboxylic acids is 1. The first-order valence-electron chi connectivity index (χ1n) is 7.11. The number of methoxy groups -OCH3 is 2. The van der Waals surface area contributed by atoms with Gasteiger partial charge in [0.15, 0.2) is 17.2 Å². The van der Waals surface area contributed by atoms with Crippen molar-refractivity contribution in [3.8, 4) is 11.5 Å². The highest BCUT2D eigenvalue weighted by Gasteiger charge is 2.24. The zero-order valence-corrected chi connectivity index (χ0v) is 13.1. The fourth-order valence-electron chi connectivity index (χ4n) is 2.25. The number of halogens is 1. The number of aliphatic imine (C=N–C) groups is 1. The Balaban J connectivity index is 1.94. The molecular formula is C18H14FNO4. The first-order chi connectivity index (χ1) is 11.6. The lowest BCUT2D eigenvalue weighted by Crippen LogP contribution is -2.05. The van der Waals surface area contributed by atoms with Crippen LogP contribution >= 0.6 is 0 Å². The van der Waals surface area contributed by atoms with Crippen molar-refractivity contribution in [3.05, 3.63) is 65.1 Å². The van der Waals surface area contributed by atoms with Crippen molar-refractivity contribution < 1.29 is 23.4 Å². The molecule has 1 heterocycles. The summed E-state index contributed by atoms with van der Waals surface area (Å²) in [6.45, 7) is 0. The zero-order chi connectivity index (χ0) is 17.1. The molecule has 0 saturated carbocycles. The van der Waals surface area contributed by atoms with E-state index in [-0.39, 0.29) is 11.6 Å². The van der Waals surface area contributed by atoms with Crippen molar-refractivity contribution in [3.63, 3.8) is 0 Å². The molecule has 122 valence electrons. The zero-order valence-electron chi connectivity index (χ0n) is 13.1. The molecule has 24 heavy (non-hydrogen) atoms. The van der Waals surface area contributed by atoms with E-state index in [9.17, 15) is 9.18 Å². The molecule has 0 aliphatic carbocycles. The predicted molar refractivity (Wildman–Crippen MR) is 86.6 cm³/mol. The first kappa shape index (κ1) is 15.7. The Labute approximate surface area is 138 Å². The molecule has 0 aromatic heterocycles. The smallest absolute Gasteiger partial charge is 0.363 e. The minimum atomic E-state index is -0.593. The summed E-state index contributed by atoms with van der Waals surface area (Å²) in [5.74, 6) is 0.170. The summed E-state index contributed by atoms with van der Waals surface area (Å²) >= 11 is 0. The maximum atomic E-state index is 13.3. The largest absolute Gasteiger partial charge is 0.493 e. The van der Waals surface area contributed by atoms with Gasteiger partial charge in [-0.3, -0.25) is 0 Å². The lowest BCUT2D eigenvalue weighted by molar-refractivity contribution is -0.129. The van der Waals surface area contributed by atoms with Gasteiger partial charge in [-0.15, -0.1) is 0 Å². The molecule has 6 heteroatoms. The van der Waals surface area contributed by atoms with Crippen LogP contribution in [0.2, 0.25) is 0 Å². The molecule has 1 aliphatic heterocycles. The predicted octanol–water partition coefficient (Wildman–Crippen LogP) is 3.19. The number of hydrogen-bond acceptors (Lipinski definition) is 5. The number of benzene rings is 2. The Morgan fingerprint density at radius 1 is 1.08 bits per heavy atom. The number of rotatable bonds is 4. The van der Waals surface area contributed by atoms with E-state index >= 15 is 0 Å². The van der Waals surface area contributed by atoms with Crippen LogP contribution in [0.3, 0.4) is 0 Å². The topological polar surface area (TPSA) is 57.1 Å². The van der Waals surface area contributed by atoms with Gasteiger partial charge in [-0.25, -0.2) is 14.2 Å². The van der Waals surface area contributed by atoms with Gasteiger partial charge in [-0.2, -0.15) is 0 Å². The molecule has 0 spiro atoms.